The van der Waals surface area contributed by atoms with E-state index in [1.807, 2.05) is 6.07 Å². The number of carbonyl (C=O) groups excluding carboxylic acids is 1. The van der Waals surface area contributed by atoms with Gasteiger partial charge in [0.05, 0.1) is 6.54 Å². The molecule has 3 nitrogen and oxygen atoms in total. The summed E-state index contributed by atoms with van der Waals surface area (Å²) in [5.41, 5.74) is 0.593. The highest BCUT2D eigenvalue weighted by Gasteiger charge is 2.24. The normalized spacial score (nSPS) is 14.2. The van der Waals surface area contributed by atoms with Gasteiger partial charge in [-0.3, -0.25) is 4.79 Å². The standard InChI is InChI=1S/C13H14N2O/c1-2-7-15(9-11-3-4-11)13-6-5-12(10-16)8-14-13/h1,5-6,8,10-11H,3-4,7,9H2. The molecule has 0 unspecified atom stereocenters. The molecule has 2 rings (SSSR count). The summed E-state index contributed by atoms with van der Waals surface area (Å²) in [4.78, 5) is 16.9. The van der Waals surface area contributed by atoms with Crippen molar-refractivity contribution in [1.29, 1.82) is 0 Å². The van der Waals surface area contributed by atoms with Crippen molar-refractivity contribution in [2.45, 2.75) is 12.8 Å². The molecule has 0 N–H and O–H groups in total. The Morgan fingerprint density at radius 1 is 1.56 bits per heavy atom. The number of pyridine rings is 1. The van der Waals surface area contributed by atoms with Crippen LogP contribution in [0.5, 0.6) is 0 Å². The molecule has 1 fully saturated rings. The maximum atomic E-state index is 10.5. The number of carbonyl (C=O) groups is 1. The van der Waals surface area contributed by atoms with Gasteiger partial charge in [-0.1, -0.05) is 5.92 Å². The Balaban J connectivity index is 2.10. The van der Waals surface area contributed by atoms with Gasteiger partial charge >= 0.3 is 0 Å². The van der Waals surface area contributed by atoms with Crippen LogP contribution >= 0.6 is 0 Å². The van der Waals surface area contributed by atoms with Gasteiger partial charge in [0.15, 0.2) is 6.29 Å². The summed E-state index contributed by atoms with van der Waals surface area (Å²) in [6, 6.07) is 3.62. The van der Waals surface area contributed by atoms with E-state index in [-0.39, 0.29) is 0 Å². The average Bonchev–Trinajstić information content (AvgIpc) is 3.13. The minimum absolute atomic E-state index is 0.573. The SMILES string of the molecule is C#CCN(CC1CC1)c1ccc(C=O)cn1. The van der Waals surface area contributed by atoms with Crippen molar-refractivity contribution in [1.82, 2.24) is 4.98 Å². The van der Waals surface area contributed by atoms with Crippen molar-refractivity contribution < 1.29 is 4.79 Å². The summed E-state index contributed by atoms with van der Waals surface area (Å²) in [5, 5.41) is 0. The van der Waals surface area contributed by atoms with Gasteiger partial charge in [0.2, 0.25) is 0 Å². The topological polar surface area (TPSA) is 33.2 Å². The van der Waals surface area contributed by atoms with E-state index in [4.69, 9.17) is 6.42 Å². The second-order valence-electron chi connectivity index (χ2n) is 4.10. The number of hydrogen-bond donors (Lipinski definition) is 0. The molecule has 0 amide bonds. The van der Waals surface area contributed by atoms with E-state index in [1.54, 1.807) is 12.3 Å². The van der Waals surface area contributed by atoms with E-state index in [2.05, 4.69) is 15.8 Å². The molecule has 1 saturated carbocycles. The van der Waals surface area contributed by atoms with E-state index in [0.29, 0.717) is 12.1 Å². The van der Waals surface area contributed by atoms with Gasteiger partial charge < -0.3 is 4.90 Å². The molecule has 0 spiro atoms. The van der Waals surface area contributed by atoms with Crippen molar-refractivity contribution in [2.75, 3.05) is 18.0 Å². The third-order valence-electron chi connectivity index (χ3n) is 2.69. The lowest BCUT2D eigenvalue weighted by Crippen LogP contribution is -2.26. The van der Waals surface area contributed by atoms with Gasteiger partial charge in [-0.2, -0.15) is 0 Å². The van der Waals surface area contributed by atoms with Gasteiger partial charge in [0, 0.05) is 18.3 Å². The van der Waals surface area contributed by atoms with Gasteiger partial charge in [-0.05, 0) is 30.9 Å². The largest absolute Gasteiger partial charge is 0.345 e. The third kappa shape index (κ3) is 2.60. The third-order valence-corrected chi connectivity index (χ3v) is 2.69. The molecule has 0 aliphatic heterocycles. The molecular formula is C13H14N2O. The van der Waals surface area contributed by atoms with Crippen LogP contribution in [0.4, 0.5) is 5.82 Å². The molecule has 0 atom stereocenters. The molecule has 82 valence electrons. The highest BCUT2D eigenvalue weighted by Crippen LogP contribution is 2.30. The summed E-state index contributed by atoms with van der Waals surface area (Å²) in [5.74, 6) is 4.27. The molecule has 1 aromatic heterocycles. The summed E-state index contributed by atoms with van der Waals surface area (Å²) in [7, 11) is 0. The van der Waals surface area contributed by atoms with Crippen LogP contribution in [-0.2, 0) is 0 Å². The Kier molecular flexibility index (Phi) is 3.21. The molecule has 0 saturated heterocycles. The predicted molar refractivity (Wildman–Crippen MR) is 63.4 cm³/mol. The molecular weight excluding hydrogens is 200 g/mol. The van der Waals surface area contributed by atoms with Crippen molar-refractivity contribution >= 4 is 12.1 Å². The fourth-order valence-corrected chi connectivity index (χ4v) is 1.62. The first-order valence-corrected chi connectivity index (χ1v) is 5.43. The predicted octanol–water partition coefficient (Wildman–Crippen LogP) is 1.74. The molecule has 3 heteroatoms. The lowest BCUT2D eigenvalue weighted by atomic mass is 10.3. The summed E-state index contributed by atoms with van der Waals surface area (Å²) >= 11 is 0. The van der Waals surface area contributed by atoms with Gasteiger partial charge in [-0.25, -0.2) is 4.98 Å². The van der Waals surface area contributed by atoms with E-state index in [1.165, 1.54) is 12.8 Å². The average molecular weight is 214 g/mol. The molecule has 16 heavy (non-hydrogen) atoms. The van der Waals surface area contributed by atoms with E-state index >= 15 is 0 Å². The van der Waals surface area contributed by atoms with Gasteiger partial charge in [0.1, 0.15) is 5.82 Å². The van der Waals surface area contributed by atoms with E-state index in [0.717, 1.165) is 24.6 Å². The first-order chi connectivity index (χ1) is 7.83. The van der Waals surface area contributed by atoms with Crippen LogP contribution in [0, 0.1) is 18.3 Å². The first kappa shape index (κ1) is 10.7. The Morgan fingerprint density at radius 2 is 2.38 bits per heavy atom. The van der Waals surface area contributed by atoms with Crippen LogP contribution < -0.4 is 4.90 Å². The molecule has 1 aliphatic rings. The molecule has 1 aromatic rings. The summed E-state index contributed by atoms with van der Waals surface area (Å²) in [6.45, 7) is 1.54. The maximum absolute atomic E-state index is 10.5. The number of nitrogens with zero attached hydrogens (tertiary/aromatic N) is 2. The Labute approximate surface area is 95.5 Å². The van der Waals surface area contributed by atoms with Crippen molar-refractivity contribution in [3.05, 3.63) is 23.9 Å². The molecule has 0 aromatic carbocycles. The van der Waals surface area contributed by atoms with Gasteiger partial charge in [-0.15, -0.1) is 6.42 Å². The van der Waals surface area contributed by atoms with Gasteiger partial charge in [0.25, 0.3) is 0 Å². The lowest BCUT2D eigenvalue weighted by molar-refractivity contribution is 0.112. The fraction of sp³-hybridized carbons (Fsp3) is 0.385. The zero-order valence-corrected chi connectivity index (χ0v) is 9.10. The molecule has 0 bridgehead atoms. The van der Waals surface area contributed by atoms with Crippen LogP contribution in [0.1, 0.15) is 23.2 Å². The monoisotopic (exact) mass is 214 g/mol. The second kappa shape index (κ2) is 4.80. The smallest absolute Gasteiger partial charge is 0.151 e. The summed E-state index contributed by atoms with van der Waals surface area (Å²) < 4.78 is 0. The van der Waals surface area contributed by atoms with Crippen LogP contribution in [-0.4, -0.2) is 24.4 Å². The van der Waals surface area contributed by atoms with Crippen LogP contribution in [0.2, 0.25) is 0 Å². The van der Waals surface area contributed by atoms with Crippen LogP contribution in [0.25, 0.3) is 0 Å². The Morgan fingerprint density at radius 3 is 2.88 bits per heavy atom. The van der Waals surface area contributed by atoms with Crippen LogP contribution in [0.15, 0.2) is 18.3 Å². The first-order valence-electron chi connectivity index (χ1n) is 5.43. The number of anilines is 1. The second-order valence-corrected chi connectivity index (χ2v) is 4.10. The number of aldehydes is 1. The maximum Gasteiger partial charge on any atom is 0.151 e. The fourth-order valence-electron chi connectivity index (χ4n) is 1.62. The number of terminal acetylenes is 1. The molecule has 1 aliphatic carbocycles. The lowest BCUT2D eigenvalue weighted by Gasteiger charge is -2.20. The highest BCUT2D eigenvalue weighted by molar-refractivity contribution is 5.74. The minimum Gasteiger partial charge on any atom is -0.345 e. The minimum atomic E-state index is 0.573. The molecule has 1 heterocycles. The van der Waals surface area contributed by atoms with Crippen LogP contribution in [0.3, 0.4) is 0 Å². The quantitative estimate of drug-likeness (QED) is 0.553. The Bertz CT molecular complexity index is 401. The zero-order chi connectivity index (χ0) is 11.4. The van der Waals surface area contributed by atoms with E-state index in [9.17, 15) is 4.79 Å². The number of aromatic nitrogens is 1. The number of rotatable bonds is 5. The van der Waals surface area contributed by atoms with E-state index < -0.39 is 0 Å². The molecule has 0 radical (unpaired) electrons. The van der Waals surface area contributed by atoms with Crippen molar-refractivity contribution in [2.24, 2.45) is 5.92 Å². The highest BCUT2D eigenvalue weighted by atomic mass is 16.1. The zero-order valence-electron chi connectivity index (χ0n) is 9.10. The summed E-state index contributed by atoms with van der Waals surface area (Å²) in [6.07, 6.45) is 10.3. The van der Waals surface area contributed by atoms with Crippen molar-refractivity contribution in [3.63, 3.8) is 0 Å². The van der Waals surface area contributed by atoms with Crippen molar-refractivity contribution in [3.8, 4) is 12.3 Å². The number of hydrogen-bond acceptors (Lipinski definition) is 3. The Hall–Kier alpha value is -1.82.